The predicted molar refractivity (Wildman–Crippen MR) is 89.3 cm³/mol. The van der Waals surface area contributed by atoms with Crippen molar-refractivity contribution >= 4 is 27.7 Å². The molecule has 0 saturated heterocycles. The second-order valence-corrected chi connectivity index (χ2v) is 5.55. The van der Waals surface area contributed by atoms with Crippen LogP contribution in [0.1, 0.15) is 25.0 Å². The van der Waals surface area contributed by atoms with Crippen molar-refractivity contribution in [2.75, 3.05) is 0 Å². The molecule has 1 N–H and O–H groups in total. The average molecular weight is 277 g/mol. The quantitative estimate of drug-likeness (QED) is 0.637. The molecule has 0 radical (unpaired) electrons. The van der Waals surface area contributed by atoms with Gasteiger partial charge in [-0.05, 0) is 44.4 Å². The molecule has 0 aliphatic heterocycles. The van der Waals surface area contributed by atoms with Crippen molar-refractivity contribution in [2.45, 2.75) is 27.2 Å². The molecule has 0 atom stereocenters. The van der Waals surface area contributed by atoms with E-state index in [1.165, 1.54) is 16.5 Å². The van der Waals surface area contributed by atoms with E-state index in [1.54, 1.807) is 0 Å². The third kappa shape index (κ3) is 2.38. The van der Waals surface area contributed by atoms with Crippen LogP contribution < -0.4 is 0 Å². The van der Waals surface area contributed by atoms with Crippen molar-refractivity contribution < 1.29 is 4.42 Å². The van der Waals surface area contributed by atoms with E-state index in [0.717, 1.165) is 28.5 Å². The first-order chi connectivity index (χ1) is 10.1. The van der Waals surface area contributed by atoms with Gasteiger partial charge in [0.15, 0.2) is 0 Å². The van der Waals surface area contributed by atoms with Gasteiger partial charge in [0.2, 0.25) is 0 Å². The van der Waals surface area contributed by atoms with Gasteiger partial charge in [0, 0.05) is 22.0 Å². The highest BCUT2D eigenvalue weighted by atomic mass is 16.3. The molecule has 106 valence electrons. The van der Waals surface area contributed by atoms with Crippen molar-refractivity contribution in [3.63, 3.8) is 0 Å². The predicted octanol–water partition coefficient (Wildman–Crippen LogP) is 5.42. The van der Waals surface area contributed by atoms with Gasteiger partial charge in [-0.1, -0.05) is 36.4 Å². The lowest BCUT2D eigenvalue weighted by molar-refractivity contribution is 0.664. The Hall–Kier alpha value is -2.35. The minimum absolute atomic E-state index is 0.615. The van der Waals surface area contributed by atoms with E-state index in [1.807, 2.05) is 32.0 Å². The fraction of sp³-hybridized carbons (Fsp3) is 0.211. The molecule has 0 fully saturated rings. The van der Waals surface area contributed by atoms with E-state index in [2.05, 4.69) is 31.2 Å². The molecule has 0 saturated carbocycles. The molecule has 1 aromatic heterocycles. The van der Waals surface area contributed by atoms with Crippen LogP contribution in [0.4, 0.5) is 0 Å². The molecule has 1 heterocycles. The maximum absolute atomic E-state index is 7.68. The lowest BCUT2D eigenvalue weighted by atomic mass is 10.00. The summed E-state index contributed by atoms with van der Waals surface area (Å²) in [5, 5.41) is 10.0. The van der Waals surface area contributed by atoms with E-state index < -0.39 is 0 Å². The number of para-hydroxylation sites is 1. The fourth-order valence-corrected chi connectivity index (χ4v) is 2.60. The van der Waals surface area contributed by atoms with Crippen molar-refractivity contribution in [2.24, 2.45) is 0 Å². The molecule has 0 spiro atoms. The van der Waals surface area contributed by atoms with E-state index in [9.17, 15) is 0 Å². The Morgan fingerprint density at radius 1 is 1.10 bits per heavy atom. The third-order valence-electron chi connectivity index (χ3n) is 4.09. The van der Waals surface area contributed by atoms with Crippen molar-refractivity contribution in [1.29, 1.82) is 5.41 Å². The third-order valence-corrected chi connectivity index (χ3v) is 4.09. The van der Waals surface area contributed by atoms with Gasteiger partial charge in [-0.15, -0.1) is 0 Å². The van der Waals surface area contributed by atoms with Gasteiger partial charge in [-0.3, -0.25) is 0 Å². The zero-order valence-electron chi connectivity index (χ0n) is 12.7. The SMILES string of the molecule is CC(=N)/C(C)=C\Cc1c(C)ccc2c1oc1ccccc12. The molecule has 3 rings (SSSR count). The monoisotopic (exact) mass is 277 g/mol. The summed E-state index contributed by atoms with van der Waals surface area (Å²) in [6.07, 6.45) is 2.91. The Kier molecular flexibility index (Phi) is 3.38. The topological polar surface area (TPSA) is 37.0 Å². The molecule has 2 heteroatoms. The maximum Gasteiger partial charge on any atom is 0.139 e. The van der Waals surface area contributed by atoms with Crippen molar-refractivity contribution in [3.8, 4) is 0 Å². The second kappa shape index (κ2) is 5.21. The number of aryl methyl sites for hydroxylation is 1. The number of allylic oxidation sites excluding steroid dienone is 2. The largest absolute Gasteiger partial charge is 0.456 e. The van der Waals surface area contributed by atoms with Crippen LogP contribution in [0.3, 0.4) is 0 Å². The molecule has 21 heavy (non-hydrogen) atoms. The van der Waals surface area contributed by atoms with E-state index in [4.69, 9.17) is 9.83 Å². The Morgan fingerprint density at radius 2 is 1.86 bits per heavy atom. The molecule has 0 unspecified atom stereocenters. The lowest BCUT2D eigenvalue weighted by Crippen LogP contribution is -1.93. The Balaban J connectivity index is 2.19. The first-order valence-electron chi connectivity index (χ1n) is 7.20. The standard InChI is InChI=1S/C19H19NO/c1-12(14(3)20)8-10-15-13(2)9-11-17-16-6-4-5-7-18(16)21-19(15)17/h4-9,11,20H,10H2,1-3H3/b12-8-,20-14?. The number of nitrogens with one attached hydrogen (secondary N) is 1. The second-order valence-electron chi connectivity index (χ2n) is 5.55. The molecule has 2 aromatic carbocycles. The van der Waals surface area contributed by atoms with Crippen LogP contribution in [0.25, 0.3) is 21.9 Å². The van der Waals surface area contributed by atoms with E-state index in [0.29, 0.717) is 5.71 Å². The summed E-state index contributed by atoms with van der Waals surface area (Å²) in [6, 6.07) is 12.4. The Labute approximate surface area is 124 Å². The van der Waals surface area contributed by atoms with Gasteiger partial charge in [0.05, 0.1) is 0 Å². The average Bonchev–Trinajstić information content (AvgIpc) is 2.84. The minimum Gasteiger partial charge on any atom is -0.456 e. The zero-order valence-corrected chi connectivity index (χ0v) is 12.7. The van der Waals surface area contributed by atoms with Crippen LogP contribution in [0, 0.1) is 12.3 Å². The smallest absolute Gasteiger partial charge is 0.139 e. The first kappa shape index (κ1) is 13.6. The highest BCUT2D eigenvalue weighted by Crippen LogP contribution is 2.32. The molecule has 0 amide bonds. The minimum atomic E-state index is 0.615. The van der Waals surface area contributed by atoms with Crippen LogP contribution in [0.2, 0.25) is 0 Å². The normalized spacial score (nSPS) is 12.2. The van der Waals surface area contributed by atoms with E-state index >= 15 is 0 Å². The number of hydrogen-bond donors (Lipinski definition) is 1. The highest BCUT2D eigenvalue weighted by Gasteiger charge is 2.11. The molecule has 0 aliphatic rings. The summed E-state index contributed by atoms with van der Waals surface area (Å²) in [6.45, 7) is 5.92. The molecular weight excluding hydrogens is 258 g/mol. The van der Waals surface area contributed by atoms with E-state index in [-0.39, 0.29) is 0 Å². The summed E-state index contributed by atoms with van der Waals surface area (Å²) < 4.78 is 6.07. The van der Waals surface area contributed by atoms with Gasteiger partial charge in [-0.25, -0.2) is 0 Å². The summed E-state index contributed by atoms with van der Waals surface area (Å²) in [4.78, 5) is 0. The lowest BCUT2D eigenvalue weighted by Gasteiger charge is -2.05. The number of fused-ring (bicyclic) bond motifs is 3. The van der Waals surface area contributed by atoms with Gasteiger partial charge in [0.25, 0.3) is 0 Å². The van der Waals surface area contributed by atoms with Gasteiger partial charge >= 0.3 is 0 Å². The first-order valence-corrected chi connectivity index (χ1v) is 7.20. The van der Waals surface area contributed by atoms with Crippen molar-refractivity contribution in [3.05, 3.63) is 59.2 Å². The summed E-state index contributed by atoms with van der Waals surface area (Å²) in [5.74, 6) is 0. The number of furan rings is 1. The van der Waals surface area contributed by atoms with Gasteiger partial charge in [0.1, 0.15) is 11.2 Å². The number of benzene rings is 2. The Morgan fingerprint density at radius 3 is 2.62 bits per heavy atom. The van der Waals surface area contributed by atoms with Crippen LogP contribution in [0.15, 0.2) is 52.5 Å². The van der Waals surface area contributed by atoms with Crippen LogP contribution in [-0.2, 0) is 6.42 Å². The number of hydrogen-bond acceptors (Lipinski definition) is 2. The van der Waals surface area contributed by atoms with Crippen LogP contribution in [0.5, 0.6) is 0 Å². The van der Waals surface area contributed by atoms with Crippen LogP contribution in [-0.4, -0.2) is 5.71 Å². The molecule has 0 bridgehead atoms. The van der Waals surface area contributed by atoms with Gasteiger partial charge in [-0.2, -0.15) is 0 Å². The summed E-state index contributed by atoms with van der Waals surface area (Å²) >= 11 is 0. The number of rotatable bonds is 3. The van der Waals surface area contributed by atoms with Gasteiger partial charge < -0.3 is 9.83 Å². The highest BCUT2D eigenvalue weighted by molar-refractivity contribution is 6.06. The van der Waals surface area contributed by atoms with Crippen molar-refractivity contribution in [1.82, 2.24) is 0 Å². The summed E-state index contributed by atoms with van der Waals surface area (Å²) in [7, 11) is 0. The molecule has 2 nitrogen and oxygen atoms in total. The molecule has 0 aliphatic carbocycles. The Bertz CT molecular complexity index is 868. The fourth-order valence-electron chi connectivity index (χ4n) is 2.60. The molecule has 3 aromatic rings. The van der Waals surface area contributed by atoms with Crippen LogP contribution >= 0.6 is 0 Å². The summed E-state index contributed by atoms with van der Waals surface area (Å²) in [5.41, 5.74) is 5.98. The zero-order chi connectivity index (χ0) is 15.0. The molecular formula is C19H19NO. The maximum atomic E-state index is 7.68.